The zero-order chi connectivity index (χ0) is 84.9. The molecule has 0 unspecified atom stereocenters. The van der Waals surface area contributed by atoms with Crippen LogP contribution < -0.4 is 9.80 Å². The molecule has 126 heavy (non-hydrogen) atoms. The maximum atomic E-state index is 9.30. The van der Waals surface area contributed by atoms with Crippen LogP contribution in [0.4, 0.5) is 51.6 Å². The number of furan rings is 2. The van der Waals surface area contributed by atoms with Crippen LogP contribution in [0.5, 0.6) is 0 Å². The molecule has 0 bridgehead atoms. The Labute approximate surface area is 719 Å². The lowest BCUT2D eigenvalue weighted by molar-refractivity contribution is 0.656. The lowest BCUT2D eigenvalue weighted by Crippen LogP contribution is -2.10. The smallest absolute Gasteiger partial charge is 0.307 e. The van der Waals surface area contributed by atoms with Crippen LogP contribution in [0.2, 0.25) is 0 Å². The van der Waals surface area contributed by atoms with Gasteiger partial charge in [-0.3, -0.25) is 0 Å². The Morgan fingerprint density at radius 2 is 0.500 bits per heavy atom. The summed E-state index contributed by atoms with van der Waals surface area (Å²) in [6.45, 7) is 21.7. The molecule has 23 aromatic rings. The summed E-state index contributed by atoms with van der Waals surface area (Å²) in [6.07, 6.45) is 0. The van der Waals surface area contributed by atoms with E-state index in [1.807, 2.05) is 6.07 Å². The molecule has 18 nitrogen and oxygen atoms in total. The van der Waals surface area contributed by atoms with Crippen molar-refractivity contribution in [1.82, 2.24) is 39.0 Å². The second-order valence-corrected chi connectivity index (χ2v) is 29.9. The van der Waals surface area contributed by atoms with E-state index in [4.69, 9.17) is 28.6 Å². The van der Waals surface area contributed by atoms with E-state index < -0.39 is 0 Å². The molecule has 7 aromatic heterocycles. The summed E-state index contributed by atoms with van der Waals surface area (Å²) < 4.78 is 17.5. The number of para-hydroxylation sites is 6. The third-order valence-electron chi connectivity index (χ3n) is 22.7. The molecule has 0 atom stereocenters. The largest absolute Gasteiger partial charge is 0.456 e. The molecule has 16 aromatic carbocycles. The number of benzene rings is 16. The first-order chi connectivity index (χ1) is 62.2. The molecule has 0 saturated heterocycles. The van der Waals surface area contributed by atoms with Crippen LogP contribution in [0.3, 0.4) is 0 Å². The van der Waals surface area contributed by atoms with Gasteiger partial charge in [0.15, 0.2) is 17.1 Å². The molecule has 18 heteroatoms. The highest BCUT2D eigenvalue weighted by Crippen LogP contribution is 2.45. The number of nitrogens with zero attached hydrogens (tertiary/aromatic N) is 16. The standard InChI is InChI=1S/C48H36N2.C42H24N2O2.C18N12/c1-5-13-37(14-6-1)39-21-29-45(30-22-39)49(43-17-9-3-10-18-43)47-33-25-41(26-34-47)42-27-35-48(36-28-42)50(44-19-11-4-12-20-44)46-31-23-40(24-32-46)38-15-7-2-8-16-38;1-5-13-35-27(9-1)28-10-2-6-14-36(28)43(35)25-17-19-39-31(21-25)33-23-34-32-22-26(18-20-40(32)46-42(34)24-41(33)45-39)44-37-15-7-3-11-29(37)30-12-4-8-16-38(30)44;1-22-16-9(6-21)27-12-10-11(26-8(5-20)7(4-19)25-10)14-15(13(12)28-16)30-18(24-3)17(23-2)29-14/h1-36H;1-24H;. The lowest BCUT2D eigenvalue weighted by Gasteiger charge is -2.26. The zero-order valence-electron chi connectivity index (χ0n) is 66.6. The summed E-state index contributed by atoms with van der Waals surface area (Å²) in [4.78, 5) is 39.0. The molecule has 584 valence electrons. The van der Waals surface area contributed by atoms with E-state index in [0.717, 1.165) is 89.4 Å². The van der Waals surface area contributed by atoms with Crippen molar-refractivity contribution in [3.63, 3.8) is 0 Å². The third-order valence-corrected chi connectivity index (χ3v) is 22.7. The fraction of sp³-hybridized carbons (Fsp3) is 0. The molecule has 0 aliphatic heterocycles. The summed E-state index contributed by atoms with van der Waals surface area (Å²) in [5.41, 5.74) is 23.4. The van der Waals surface area contributed by atoms with Crippen LogP contribution >= 0.6 is 0 Å². The van der Waals surface area contributed by atoms with Crippen molar-refractivity contribution in [3.8, 4) is 63.0 Å². The second-order valence-electron chi connectivity index (χ2n) is 29.9. The first-order valence-corrected chi connectivity index (χ1v) is 40.3. The van der Waals surface area contributed by atoms with Crippen LogP contribution in [0.1, 0.15) is 17.1 Å². The zero-order valence-corrected chi connectivity index (χ0v) is 66.6. The SMILES string of the molecule is [C-]#[N+]c1nc2c(nc1C#N)c1nc(C#N)c(C#N)nc1c1nc([N+]#[C-])c([N+]#[C-])nc21.c1ccc(-c2ccc(N(c3ccccc3)c3ccc(-c4ccc(N(c5ccccc5)c5ccc(-c6ccccc6)cc5)cc4)cc3)cc2)cc1.c1ccc2c(c1)c1ccccc1n2-c1ccc2oc3cc4oc5ccc(-n6c7ccccc7c7ccccc76)cc5c4cc3c2c1. The molecule has 23 rings (SSSR count). The van der Waals surface area contributed by atoms with E-state index in [-0.39, 0.29) is 67.6 Å². The average Bonchev–Trinajstić information content (AvgIpc) is 1.16. The highest BCUT2D eigenvalue weighted by Gasteiger charge is 2.30. The fourth-order valence-corrected chi connectivity index (χ4v) is 17.0. The van der Waals surface area contributed by atoms with Crippen molar-refractivity contribution >= 4 is 172 Å². The number of nitriles is 3. The number of rotatable bonds is 11. The van der Waals surface area contributed by atoms with Gasteiger partial charge in [-0.05, 0) is 173 Å². The first kappa shape index (κ1) is 74.8. The molecule has 0 radical (unpaired) electrons. The van der Waals surface area contributed by atoms with Crippen molar-refractivity contribution in [2.45, 2.75) is 0 Å². The van der Waals surface area contributed by atoms with Crippen molar-refractivity contribution in [1.29, 1.82) is 15.8 Å². The molecule has 0 spiro atoms. The normalized spacial score (nSPS) is 11.1. The summed E-state index contributed by atoms with van der Waals surface area (Å²) in [7, 11) is 0. The Hall–Kier alpha value is -18.7. The van der Waals surface area contributed by atoms with Crippen LogP contribution in [0.25, 0.3) is 180 Å². The van der Waals surface area contributed by atoms with Gasteiger partial charge in [-0.25, -0.2) is 15.0 Å². The van der Waals surface area contributed by atoms with Crippen molar-refractivity contribution in [2.24, 2.45) is 0 Å². The molecule has 0 aliphatic carbocycles. The quantitative estimate of drug-likeness (QED) is 0.0874. The van der Waals surface area contributed by atoms with Crippen LogP contribution in [-0.2, 0) is 0 Å². The van der Waals surface area contributed by atoms with Gasteiger partial charge in [0.2, 0.25) is 11.0 Å². The Morgan fingerprint density at radius 3 is 0.817 bits per heavy atom. The van der Waals surface area contributed by atoms with Crippen molar-refractivity contribution in [3.05, 3.63) is 415 Å². The van der Waals surface area contributed by atoms with Gasteiger partial charge in [-0.15, -0.1) is 15.0 Å². The van der Waals surface area contributed by atoms with E-state index >= 15 is 0 Å². The Bertz CT molecular complexity index is 7750. The molecule has 0 fully saturated rings. The number of fused-ring (bicyclic) bond motifs is 18. The lowest BCUT2D eigenvalue weighted by atomic mass is 10.0. The topological polar surface area (TPSA) is 204 Å². The summed E-state index contributed by atoms with van der Waals surface area (Å²) in [5, 5.41) is 37.2. The predicted molar refractivity (Wildman–Crippen MR) is 500 cm³/mol. The summed E-state index contributed by atoms with van der Waals surface area (Å²) in [6, 6.07) is 135. The van der Waals surface area contributed by atoms with Gasteiger partial charge in [0.25, 0.3) is 17.2 Å². The molecule has 0 saturated carbocycles. The Kier molecular flexibility index (Phi) is 18.7. The predicted octanol–water partition coefficient (Wildman–Crippen LogP) is 28.1. The second kappa shape index (κ2) is 31.5. The van der Waals surface area contributed by atoms with Gasteiger partial charge in [-0.1, -0.05) is 238 Å². The van der Waals surface area contributed by atoms with Gasteiger partial charge >= 0.3 is 5.82 Å². The number of anilines is 6. The molecular weight excluding hydrogens is 1550 g/mol. The van der Waals surface area contributed by atoms with E-state index in [1.165, 1.54) is 77.0 Å². The maximum absolute atomic E-state index is 9.30. The average molecular weight is 1610 g/mol. The van der Waals surface area contributed by atoms with Gasteiger partial charge in [0, 0.05) is 94.7 Å². The first-order valence-electron chi connectivity index (χ1n) is 40.3. The summed E-state index contributed by atoms with van der Waals surface area (Å²) in [5.74, 6) is -0.890. The summed E-state index contributed by atoms with van der Waals surface area (Å²) >= 11 is 0. The van der Waals surface area contributed by atoms with E-state index in [2.05, 4.69) is 421 Å². The molecule has 0 N–H and O–H groups in total. The molecule has 0 aliphatic rings. The fourth-order valence-electron chi connectivity index (χ4n) is 17.0. The monoisotopic (exact) mass is 1610 g/mol. The minimum Gasteiger partial charge on any atom is -0.456 e. The Morgan fingerprint density at radius 1 is 0.238 bits per heavy atom. The minimum atomic E-state index is -0.298. The maximum Gasteiger partial charge on any atom is 0.307 e. The highest BCUT2D eigenvalue weighted by atomic mass is 16.3. The number of hydrogen-bond donors (Lipinski definition) is 0. The van der Waals surface area contributed by atoms with Crippen LogP contribution in [-0.4, -0.2) is 39.0 Å². The highest BCUT2D eigenvalue weighted by molar-refractivity contribution is 6.20. The van der Waals surface area contributed by atoms with Crippen molar-refractivity contribution in [2.75, 3.05) is 9.80 Å². The Balaban J connectivity index is 0.000000119. The minimum absolute atomic E-state index is 0.000622. The van der Waals surface area contributed by atoms with E-state index in [0.29, 0.717) is 0 Å². The number of aromatic nitrogens is 8. The van der Waals surface area contributed by atoms with E-state index in [9.17, 15) is 15.8 Å². The molecular formula is C108H60N16O2. The van der Waals surface area contributed by atoms with Gasteiger partial charge < -0.3 is 42.3 Å². The van der Waals surface area contributed by atoms with Crippen LogP contribution in [0, 0.1) is 53.7 Å². The van der Waals surface area contributed by atoms with Gasteiger partial charge in [-0.2, -0.15) is 15.8 Å². The molecule has 7 heterocycles. The van der Waals surface area contributed by atoms with Gasteiger partial charge in [0.05, 0.1) is 22.1 Å². The van der Waals surface area contributed by atoms with Gasteiger partial charge in [0.1, 0.15) is 57.1 Å². The third kappa shape index (κ3) is 13.1. The van der Waals surface area contributed by atoms with Crippen LogP contribution in [0.15, 0.2) is 373 Å². The number of hydrogen-bond acceptors (Lipinski definition) is 13. The van der Waals surface area contributed by atoms with E-state index in [1.54, 1.807) is 18.2 Å². The molecule has 0 amide bonds. The van der Waals surface area contributed by atoms with Crippen molar-refractivity contribution < 1.29 is 8.83 Å².